The second-order valence-electron chi connectivity index (χ2n) is 9.97. The van der Waals surface area contributed by atoms with Crippen molar-refractivity contribution in [3.05, 3.63) is 60.7 Å². The molecule has 0 aromatic heterocycles. The number of hydrogen-bond donors (Lipinski definition) is 6. The summed E-state index contributed by atoms with van der Waals surface area (Å²) in [5, 5.41) is 28.4. The van der Waals surface area contributed by atoms with Gasteiger partial charge in [-0.15, -0.1) is 15.3 Å². The van der Waals surface area contributed by atoms with Crippen LogP contribution in [0.3, 0.4) is 0 Å². The SMILES string of the molecule is CC(=O)Nc1cc(/N=N/c2c(N)ccc3cc(S(=O)(=O)O)cc(O)c23)c(S(=O)(=O)O)cc1/N=N/c1ccc(S(=O)(=O)CCOS(=O)(=O)O)cc1. The van der Waals surface area contributed by atoms with Crippen LogP contribution in [0.4, 0.5) is 34.1 Å². The average molecular weight is 773 g/mol. The number of phenolic OH excluding ortho intramolecular Hbond substituents is 1. The Morgan fingerprint density at radius 2 is 1.42 bits per heavy atom. The minimum atomic E-state index is -5.08. The lowest BCUT2D eigenvalue weighted by Gasteiger charge is -2.11. The summed E-state index contributed by atoms with van der Waals surface area (Å²) in [7, 11) is -18.7. The average Bonchev–Trinajstić information content (AvgIpc) is 2.98. The minimum absolute atomic E-state index is 0.0208. The van der Waals surface area contributed by atoms with E-state index in [1.54, 1.807) is 0 Å². The lowest BCUT2D eigenvalue weighted by atomic mass is 10.1. The zero-order chi connectivity index (χ0) is 37.2. The number of benzene rings is 4. The van der Waals surface area contributed by atoms with Crippen LogP contribution in [0.2, 0.25) is 0 Å². The highest BCUT2D eigenvalue weighted by molar-refractivity contribution is 7.91. The van der Waals surface area contributed by atoms with Gasteiger partial charge >= 0.3 is 10.4 Å². The van der Waals surface area contributed by atoms with Crippen LogP contribution in [-0.4, -0.2) is 70.7 Å². The van der Waals surface area contributed by atoms with Crippen molar-refractivity contribution in [1.82, 2.24) is 0 Å². The van der Waals surface area contributed by atoms with E-state index in [0.29, 0.717) is 0 Å². The first-order valence-corrected chi connectivity index (χ1v) is 19.2. The number of nitrogens with zero attached hydrogens (tertiary/aromatic N) is 4. The van der Waals surface area contributed by atoms with Gasteiger partial charge in [0.25, 0.3) is 20.2 Å². The molecule has 0 unspecified atom stereocenters. The highest BCUT2D eigenvalue weighted by Crippen LogP contribution is 2.42. The number of nitrogens with two attached hydrogens (primary N) is 1. The number of carbonyl (C=O) groups excluding carboxylic acids is 1. The summed E-state index contributed by atoms with van der Waals surface area (Å²) in [5.74, 6) is -2.13. The van der Waals surface area contributed by atoms with Gasteiger partial charge in [-0.25, -0.2) is 12.6 Å². The fourth-order valence-corrected chi connectivity index (χ4v) is 6.84. The van der Waals surface area contributed by atoms with Gasteiger partial charge < -0.3 is 16.2 Å². The number of azo groups is 2. The maximum Gasteiger partial charge on any atom is 0.397 e. The fraction of sp³-hybridized carbons (Fsp3) is 0.115. The highest BCUT2D eigenvalue weighted by Gasteiger charge is 2.22. The van der Waals surface area contributed by atoms with Crippen molar-refractivity contribution < 1.29 is 61.4 Å². The Bertz CT molecular complexity index is 2520. The summed E-state index contributed by atoms with van der Waals surface area (Å²) in [6, 6.07) is 10.6. The Kier molecular flexibility index (Phi) is 10.7. The molecule has 0 bridgehead atoms. The first-order chi connectivity index (χ1) is 23.0. The van der Waals surface area contributed by atoms with Crippen molar-refractivity contribution in [2.75, 3.05) is 23.4 Å². The van der Waals surface area contributed by atoms with E-state index in [-0.39, 0.29) is 44.1 Å². The molecule has 4 aromatic rings. The maximum absolute atomic E-state index is 12.4. The largest absolute Gasteiger partial charge is 0.507 e. The normalized spacial score (nSPS) is 13.0. The van der Waals surface area contributed by atoms with E-state index in [0.717, 1.165) is 43.3 Å². The van der Waals surface area contributed by atoms with Crippen LogP contribution >= 0.6 is 0 Å². The summed E-state index contributed by atoms with van der Waals surface area (Å²) in [6.45, 7) is 0.259. The lowest BCUT2D eigenvalue weighted by molar-refractivity contribution is -0.114. The third kappa shape index (κ3) is 9.39. The molecule has 1 amide bonds. The molecule has 0 radical (unpaired) electrons. The van der Waals surface area contributed by atoms with Crippen LogP contribution in [-0.2, 0) is 49.5 Å². The van der Waals surface area contributed by atoms with Crippen LogP contribution in [0.1, 0.15) is 6.92 Å². The van der Waals surface area contributed by atoms with E-state index < -0.39 is 80.0 Å². The predicted molar refractivity (Wildman–Crippen MR) is 175 cm³/mol. The zero-order valence-electron chi connectivity index (χ0n) is 25.1. The molecule has 0 fully saturated rings. The standard InChI is InChI=1S/C26H24N6O14S4/c1-14(33)28-20-12-22(31-32-26-19(27)7-2-15-10-18(48(37,38)39)11-23(34)25(15)26)24(49(40,41)42)13-21(20)30-29-16-3-5-17(6-4-16)47(35,36)9-8-46-50(43,44)45/h2-7,10-13,34H,8-9,27H2,1H3,(H,28,33)(H,37,38,39)(H,40,41,42)(H,43,44,45)/b30-29+,32-31+. The summed E-state index contributed by atoms with van der Waals surface area (Å²) < 4.78 is 126. The van der Waals surface area contributed by atoms with Crippen molar-refractivity contribution in [2.24, 2.45) is 20.5 Å². The molecule has 4 aromatic carbocycles. The first-order valence-electron chi connectivity index (χ1n) is 13.3. The second kappa shape index (κ2) is 14.1. The fourth-order valence-electron chi connectivity index (χ4n) is 4.19. The van der Waals surface area contributed by atoms with Crippen molar-refractivity contribution in [3.8, 4) is 5.75 Å². The molecule has 20 nitrogen and oxygen atoms in total. The number of rotatable bonds is 12. The molecule has 0 spiro atoms. The van der Waals surface area contributed by atoms with E-state index in [1.807, 2.05) is 0 Å². The number of anilines is 2. The molecule has 50 heavy (non-hydrogen) atoms. The molecule has 4 rings (SSSR count). The smallest absolute Gasteiger partial charge is 0.397 e. The number of hydrogen-bond acceptors (Lipinski definition) is 16. The van der Waals surface area contributed by atoms with Crippen molar-refractivity contribution >= 4 is 91.3 Å². The number of aromatic hydroxyl groups is 1. The van der Waals surface area contributed by atoms with Crippen LogP contribution < -0.4 is 11.1 Å². The molecule has 0 saturated carbocycles. The molecule has 0 atom stereocenters. The maximum atomic E-state index is 12.4. The van der Waals surface area contributed by atoms with Crippen LogP contribution in [0.15, 0.2) is 95.8 Å². The van der Waals surface area contributed by atoms with Crippen LogP contribution in [0.25, 0.3) is 10.8 Å². The third-order valence-electron chi connectivity index (χ3n) is 6.35. The number of sulfone groups is 1. The van der Waals surface area contributed by atoms with Gasteiger partial charge in [0.15, 0.2) is 9.84 Å². The molecule has 7 N–H and O–H groups in total. The molecule has 0 saturated heterocycles. The van der Waals surface area contributed by atoms with Crippen molar-refractivity contribution in [1.29, 1.82) is 0 Å². The predicted octanol–water partition coefficient (Wildman–Crippen LogP) is 4.00. The van der Waals surface area contributed by atoms with Crippen LogP contribution in [0.5, 0.6) is 5.75 Å². The zero-order valence-corrected chi connectivity index (χ0v) is 28.3. The summed E-state index contributed by atoms with van der Waals surface area (Å²) >= 11 is 0. The molecular weight excluding hydrogens is 749 g/mol. The number of nitrogens with one attached hydrogen (secondary N) is 1. The van der Waals surface area contributed by atoms with Gasteiger partial charge in [0.1, 0.15) is 27.7 Å². The lowest BCUT2D eigenvalue weighted by Crippen LogP contribution is -2.15. The topological polar surface area (TPSA) is 331 Å². The minimum Gasteiger partial charge on any atom is -0.507 e. The van der Waals surface area contributed by atoms with Gasteiger partial charge in [0, 0.05) is 13.0 Å². The molecule has 0 heterocycles. The van der Waals surface area contributed by atoms with E-state index in [1.165, 1.54) is 24.3 Å². The Labute approximate surface area is 283 Å². The molecule has 0 aliphatic heterocycles. The Morgan fingerprint density at radius 3 is 2.00 bits per heavy atom. The summed E-state index contributed by atoms with van der Waals surface area (Å²) in [4.78, 5) is 10.2. The molecular formula is C26H24N6O14S4. The van der Waals surface area contributed by atoms with Gasteiger partial charge in [-0.05, 0) is 53.9 Å². The number of carbonyl (C=O) groups is 1. The third-order valence-corrected chi connectivity index (χ3v) is 10.2. The second-order valence-corrected chi connectivity index (χ2v) is 16.0. The van der Waals surface area contributed by atoms with E-state index in [2.05, 4.69) is 30.0 Å². The van der Waals surface area contributed by atoms with Gasteiger partial charge in [0.05, 0.1) is 44.6 Å². The summed E-state index contributed by atoms with van der Waals surface area (Å²) in [6.07, 6.45) is 0. The van der Waals surface area contributed by atoms with Gasteiger partial charge in [-0.1, -0.05) is 6.07 Å². The van der Waals surface area contributed by atoms with E-state index in [9.17, 15) is 52.7 Å². The Morgan fingerprint density at radius 1 is 0.780 bits per heavy atom. The van der Waals surface area contributed by atoms with Gasteiger partial charge in [-0.3, -0.25) is 18.5 Å². The van der Waals surface area contributed by atoms with Gasteiger partial charge in [0.2, 0.25) is 5.91 Å². The Balaban J connectivity index is 1.75. The quantitative estimate of drug-likeness (QED) is 0.0673. The summed E-state index contributed by atoms with van der Waals surface area (Å²) in [5.41, 5.74) is 4.57. The Hall–Kier alpha value is -4.95. The molecule has 24 heteroatoms. The number of nitrogen functional groups attached to an aromatic ring is 1. The number of fused-ring (bicyclic) bond motifs is 1. The molecule has 266 valence electrons. The highest BCUT2D eigenvalue weighted by atomic mass is 32.3. The van der Waals surface area contributed by atoms with Gasteiger partial charge in [-0.2, -0.15) is 30.4 Å². The monoisotopic (exact) mass is 772 g/mol. The number of phenols is 1. The van der Waals surface area contributed by atoms with E-state index in [4.69, 9.17) is 10.3 Å². The van der Waals surface area contributed by atoms with Crippen LogP contribution in [0, 0.1) is 0 Å². The van der Waals surface area contributed by atoms with Crippen molar-refractivity contribution in [3.63, 3.8) is 0 Å². The van der Waals surface area contributed by atoms with E-state index >= 15 is 0 Å². The molecule has 0 aliphatic rings. The van der Waals surface area contributed by atoms with Crippen molar-refractivity contribution in [2.45, 2.75) is 21.6 Å². The molecule has 0 aliphatic carbocycles. The number of amides is 1. The first kappa shape index (κ1) is 37.9.